The third-order valence-electron chi connectivity index (χ3n) is 2.29. The average Bonchev–Trinajstić information content (AvgIpc) is 2.28. The fourth-order valence-corrected chi connectivity index (χ4v) is 1.42. The minimum atomic E-state index is -1.06. The summed E-state index contributed by atoms with van der Waals surface area (Å²) in [5.74, 6) is -1.45. The standard InChI is InChI=1S/C13H15NO3/c1-3-5-11(13(16)17)14-12(15)10-7-4-6-9(2)8-10/h3-4,6-8,11H,1,5H2,2H3,(H,14,15)(H,16,17). The van der Waals surface area contributed by atoms with Crippen molar-refractivity contribution in [2.45, 2.75) is 19.4 Å². The fourth-order valence-electron chi connectivity index (χ4n) is 1.42. The van der Waals surface area contributed by atoms with Crippen LogP contribution in [0.25, 0.3) is 0 Å². The van der Waals surface area contributed by atoms with E-state index >= 15 is 0 Å². The van der Waals surface area contributed by atoms with Crippen molar-refractivity contribution < 1.29 is 14.7 Å². The summed E-state index contributed by atoms with van der Waals surface area (Å²) >= 11 is 0. The van der Waals surface area contributed by atoms with Gasteiger partial charge < -0.3 is 10.4 Å². The van der Waals surface area contributed by atoms with Crippen LogP contribution in [-0.4, -0.2) is 23.0 Å². The topological polar surface area (TPSA) is 66.4 Å². The van der Waals surface area contributed by atoms with Crippen LogP contribution in [0.1, 0.15) is 22.3 Å². The van der Waals surface area contributed by atoms with Crippen LogP contribution < -0.4 is 5.32 Å². The molecule has 0 radical (unpaired) electrons. The van der Waals surface area contributed by atoms with E-state index in [1.165, 1.54) is 6.08 Å². The van der Waals surface area contributed by atoms with Gasteiger partial charge in [0.05, 0.1) is 0 Å². The number of amides is 1. The molecule has 0 saturated heterocycles. The lowest BCUT2D eigenvalue weighted by molar-refractivity contribution is -0.139. The number of carboxylic acids is 1. The lowest BCUT2D eigenvalue weighted by Gasteiger charge is -2.12. The predicted molar refractivity (Wildman–Crippen MR) is 64.9 cm³/mol. The van der Waals surface area contributed by atoms with Gasteiger partial charge in [0.25, 0.3) is 5.91 Å². The Morgan fingerprint density at radius 2 is 2.24 bits per heavy atom. The smallest absolute Gasteiger partial charge is 0.326 e. The molecule has 1 aromatic rings. The monoisotopic (exact) mass is 233 g/mol. The van der Waals surface area contributed by atoms with Crippen molar-refractivity contribution in [3.63, 3.8) is 0 Å². The summed E-state index contributed by atoms with van der Waals surface area (Å²) in [6.45, 7) is 5.33. The van der Waals surface area contributed by atoms with Gasteiger partial charge in [0.2, 0.25) is 0 Å². The molecule has 1 atom stereocenters. The predicted octanol–water partition coefficient (Wildman–Crippen LogP) is 1.75. The lowest BCUT2D eigenvalue weighted by atomic mass is 10.1. The highest BCUT2D eigenvalue weighted by atomic mass is 16.4. The van der Waals surface area contributed by atoms with Crippen LogP contribution in [0.4, 0.5) is 0 Å². The number of rotatable bonds is 5. The Morgan fingerprint density at radius 1 is 1.53 bits per heavy atom. The number of benzene rings is 1. The molecule has 0 bridgehead atoms. The van der Waals surface area contributed by atoms with Gasteiger partial charge in [-0.05, 0) is 25.5 Å². The van der Waals surface area contributed by atoms with Crippen LogP contribution >= 0.6 is 0 Å². The lowest BCUT2D eigenvalue weighted by Crippen LogP contribution is -2.40. The minimum absolute atomic E-state index is 0.201. The SMILES string of the molecule is C=CCC(NC(=O)c1cccc(C)c1)C(=O)O. The molecule has 0 aliphatic carbocycles. The Balaban J connectivity index is 2.77. The van der Waals surface area contributed by atoms with E-state index in [2.05, 4.69) is 11.9 Å². The molecule has 1 aromatic carbocycles. The van der Waals surface area contributed by atoms with E-state index in [9.17, 15) is 9.59 Å². The van der Waals surface area contributed by atoms with Crippen LogP contribution in [0.2, 0.25) is 0 Å². The molecule has 0 saturated carbocycles. The van der Waals surface area contributed by atoms with Crippen molar-refractivity contribution >= 4 is 11.9 Å². The van der Waals surface area contributed by atoms with Gasteiger partial charge in [0.1, 0.15) is 6.04 Å². The van der Waals surface area contributed by atoms with Crippen LogP contribution in [-0.2, 0) is 4.79 Å². The Hall–Kier alpha value is -2.10. The largest absolute Gasteiger partial charge is 0.480 e. The molecule has 0 aromatic heterocycles. The Morgan fingerprint density at radius 3 is 2.76 bits per heavy atom. The zero-order chi connectivity index (χ0) is 12.8. The van der Waals surface area contributed by atoms with Gasteiger partial charge in [0, 0.05) is 5.56 Å². The van der Waals surface area contributed by atoms with E-state index in [0.717, 1.165) is 5.56 Å². The van der Waals surface area contributed by atoms with Gasteiger partial charge in [0.15, 0.2) is 0 Å². The summed E-state index contributed by atoms with van der Waals surface area (Å²) < 4.78 is 0. The maximum atomic E-state index is 11.8. The summed E-state index contributed by atoms with van der Waals surface area (Å²) in [6.07, 6.45) is 1.67. The van der Waals surface area contributed by atoms with Crippen LogP contribution in [0, 0.1) is 6.92 Å². The molecule has 4 nitrogen and oxygen atoms in total. The van der Waals surface area contributed by atoms with E-state index in [1.807, 2.05) is 13.0 Å². The number of hydrogen-bond donors (Lipinski definition) is 2. The Bertz CT molecular complexity index is 440. The zero-order valence-corrected chi connectivity index (χ0v) is 9.64. The van der Waals surface area contributed by atoms with Crippen molar-refractivity contribution in [2.24, 2.45) is 0 Å². The molecule has 17 heavy (non-hydrogen) atoms. The number of hydrogen-bond acceptors (Lipinski definition) is 2. The van der Waals surface area contributed by atoms with Gasteiger partial charge in [-0.3, -0.25) is 4.79 Å². The maximum absolute atomic E-state index is 11.8. The molecule has 90 valence electrons. The molecule has 2 N–H and O–H groups in total. The first-order chi connectivity index (χ1) is 8.04. The maximum Gasteiger partial charge on any atom is 0.326 e. The van der Waals surface area contributed by atoms with E-state index < -0.39 is 12.0 Å². The van der Waals surface area contributed by atoms with E-state index in [1.54, 1.807) is 18.2 Å². The third kappa shape index (κ3) is 3.75. The van der Waals surface area contributed by atoms with Gasteiger partial charge in [-0.1, -0.05) is 23.8 Å². The van der Waals surface area contributed by atoms with E-state index in [4.69, 9.17) is 5.11 Å². The number of aryl methyl sites for hydroxylation is 1. The second-order valence-corrected chi connectivity index (χ2v) is 3.76. The van der Waals surface area contributed by atoms with Crippen molar-refractivity contribution in [1.29, 1.82) is 0 Å². The van der Waals surface area contributed by atoms with Crippen molar-refractivity contribution in [3.05, 3.63) is 48.0 Å². The third-order valence-corrected chi connectivity index (χ3v) is 2.29. The summed E-state index contributed by atoms with van der Waals surface area (Å²) in [5.41, 5.74) is 1.41. The van der Waals surface area contributed by atoms with E-state index in [-0.39, 0.29) is 12.3 Å². The summed E-state index contributed by atoms with van der Waals surface area (Å²) in [7, 11) is 0. The molecule has 0 heterocycles. The summed E-state index contributed by atoms with van der Waals surface area (Å²) in [6, 6.07) is 6.06. The van der Waals surface area contributed by atoms with Gasteiger partial charge in [-0.15, -0.1) is 6.58 Å². The average molecular weight is 233 g/mol. The molecule has 0 aliphatic rings. The highest BCUT2D eigenvalue weighted by Crippen LogP contribution is 2.05. The van der Waals surface area contributed by atoms with Crippen LogP contribution in [0.5, 0.6) is 0 Å². The first-order valence-corrected chi connectivity index (χ1v) is 5.26. The second kappa shape index (κ2) is 5.84. The Kier molecular flexibility index (Phi) is 4.46. The zero-order valence-electron chi connectivity index (χ0n) is 9.64. The molecule has 0 fully saturated rings. The molecule has 0 spiro atoms. The number of nitrogens with one attached hydrogen (secondary N) is 1. The molecule has 4 heteroatoms. The van der Waals surface area contributed by atoms with Crippen molar-refractivity contribution in [2.75, 3.05) is 0 Å². The summed E-state index contributed by atoms with van der Waals surface area (Å²) in [4.78, 5) is 22.6. The van der Waals surface area contributed by atoms with Crippen molar-refractivity contribution in [1.82, 2.24) is 5.32 Å². The minimum Gasteiger partial charge on any atom is -0.480 e. The highest BCUT2D eigenvalue weighted by Gasteiger charge is 2.18. The molecule has 1 unspecified atom stereocenters. The van der Waals surface area contributed by atoms with Gasteiger partial charge in [-0.2, -0.15) is 0 Å². The Labute approximate surface area is 100.0 Å². The molecular formula is C13H15NO3. The molecule has 1 amide bonds. The normalized spacial score (nSPS) is 11.6. The number of carboxylic acid groups (broad SMARTS) is 1. The van der Waals surface area contributed by atoms with Crippen LogP contribution in [0.15, 0.2) is 36.9 Å². The first-order valence-electron chi connectivity index (χ1n) is 5.26. The number of carbonyl (C=O) groups excluding carboxylic acids is 1. The second-order valence-electron chi connectivity index (χ2n) is 3.76. The first kappa shape index (κ1) is 13.0. The molecular weight excluding hydrogens is 218 g/mol. The fraction of sp³-hybridized carbons (Fsp3) is 0.231. The van der Waals surface area contributed by atoms with Gasteiger partial charge in [-0.25, -0.2) is 4.79 Å². The number of aliphatic carboxylic acids is 1. The molecule has 0 aliphatic heterocycles. The summed E-state index contributed by atoms with van der Waals surface area (Å²) in [5, 5.41) is 11.3. The highest BCUT2D eigenvalue weighted by molar-refractivity contribution is 5.96. The number of carbonyl (C=O) groups is 2. The van der Waals surface area contributed by atoms with Gasteiger partial charge >= 0.3 is 5.97 Å². The van der Waals surface area contributed by atoms with Crippen LogP contribution in [0.3, 0.4) is 0 Å². The quantitative estimate of drug-likeness (QED) is 0.761. The van der Waals surface area contributed by atoms with Crippen molar-refractivity contribution in [3.8, 4) is 0 Å². The van der Waals surface area contributed by atoms with E-state index in [0.29, 0.717) is 5.56 Å². The molecule has 1 rings (SSSR count).